The van der Waals surface area contributed by atoms with Crippen molar-refractivity contribution >= 4 is 39.1 Å². The van der Waals surface area contributed by atoms with E-state index in [2.05, 4.69) is 5.32 Å². The molecule has 0 aliphatic carbocycles. The number of anilines is 1. The standard InChI is InChI=1S/C21H24ClN3O6S/c1-14(21(27)23-2)24(11-15-5-4-6-16(22)9-15)20(26)12-25(32(3,28)29)17-7-8-18-19(10-17)31-13-30-18/h4-10,14H,11-13H2,1-3H3,(H,23,27)/t14-/m1/s1. The molecule has 0 radical (unpaired) electrons. The van der Waals surface area contributed by atoms with Crippen molar-refractivity contribution in [2.75, 3.05) is 30.9 Å². The molecule has 0 unspecified atom stereocenters. The summed E-state index contributed by atoms with van der Waals surface area (Å²) in [5.74, 6) is -0.0546. The zero-order valence-electron chi connectivity index (χ0n) is 17.9. The van der Waals surface area contributed by atoms with Crippen LogP contribution in [0.3, 0.4) is 0 Å². The summed E-state index contributed by atoms with van der Waals surface area (Å²) in [4.78, 5) is 26.9. The van der Waals surface area contributed by atoms with Crippen LogP contribution in [-0.2, 0) is 26.2 Å². The number of benzene rings is 2. The summed E-state index contributed by atoms with van der Waals surface area (Å²) in [6, 6.07) is 10.7. The molecule has 0 fully saturated rings. The third-order valence-electron chi connectivity index (χ3n) is 4.98. The van der Waals surface area contributed by atoms with E-state index in [-0.39, 0.29) is 24.9 Å². The fourth-order valence-electron chi connectivity index (χ4n) is 3.28. The normalized spacial score (nSPS) is 13.4. The number of nitrogens with zero attached hydrogens (tertiary/aromatic N) is 2. The third kappa shape index (κ3) is 5.43. The molecule has 2 aromatic carbocycles. The molecule has 1 N–H and O–H groups in total. The van der Waals surface area contributed by atoms with Gasteiger partial charge in [0.05, 0.1) is 11.9 Å². The number of carbonyl (C=O) groups excluding carboxylic acids is 2. The molecule has 172 valence electrons. The number of halogens is 1. The van der Waals surface area contributed by atoms with Crippen LogP contribution in [0.2, 0.25) is 5.02 Å². The molecule has 1 atom stereocenters. The minimum absolute atomic E-state index is 0.0354. The average Bonchev–Trinajstić information content (AvgIpc) is 3.21. The number of rotatable bonds is 8. The Bertz CT molecular complexity index is 1120. The van der Waals surface area contributed by atoms with Crippen LogP contribution in [0.4, 0.5) is 5.69 Å². The Morgan fingerprint density at radius 3 is 2.53 bits per heavy atom. The molecule has 0 saturated heterocycles. The van der Waals surface area contributed by atoms with E-state index < -0.39 is 28.5 Å². The maximum absolute atomic E-state index is 13.3. The van der Waals surface area contributed by atoms with Crippen LogP contribution < -0.4 is 19.1 Å². The summed E-state index contributed by atoms with van der Waals surface area (Å²) in [7, 11) is -2.36. The molecule has 0 saturated carbocycles. The number of hydrogen-bond acceptors (Lipinski definition) is 6. The van der Waals surface area contributed by atoms with Crippen LogP contribution in [0, 0.1) is 0 Å². The van der Waals surface area contributed by atoms with Gasteiger partial charge in [0, 0.05) is 24.7 Å². The van der Waals surface area contributed by atoms with E-state index in [1.54, 1.807) is 37.3 Å². The van der Waals surface area contributed by atoms with Crippen molar-refractivity contribution in [1.29, 1.82) is 0 Å². The Morgan fingerprint density at radius 1 is 1.16 bits per heavy atom. The monoisotopic (exact) mass is 481 g/mol. The number of amides is 2. The number of carbonyl (C=O) groups is 2. The summed E-state index contributed by atoms with van der Waals surface area (Å²) in [5, 5.41) is 3.01. The number of hydrogen-bond donors (Lipinski definition) is 1. The Balaban J connectivity index is 1.91. The zero-order valence-corrected chi connectivity index (χ0v) is 19.4. The summed E-state index contributed by atoms with van der Waals surface area (Å²) < 4.78 is 36.6. The SMILES string of the molecule is CNC(=O)[C@@H](C)N(Cc1cccc(Cl)c1)C(=O)CN(c1ccc2c(c1)OCO2)S(C)(=O)=O. The van der Waals surface area contributed by atoms with Crippen molar-refractivity contribution in [3.63, 3.8) is 0 Å². The quantitative estimate of drug-likeness (QED) is 0.618. The van der Waals surface area contributed by atoms with Gasteiger partial charge in [-0.3, -0.25) is 13.9 Å². The lowest BCUT2D eigenvalue weighted by molar-refractivity contribution is -0.139. The summed E-state index contributed by atoms with van der Waals surface area (Å²) in [5.41, 5.74) is 0.955. The summed E-state index contributed by atoms with van der Waals surface area (Å²) in [6.45, 7) is 1.19. The maximum Gasteiger partial charge on any atom is 0.244 e. The first-order valence-corrected chi connectivity index (χ1v) is 12.0. The average molecular weight is 482 g/mol. The van der Waals surface area contributed by atoms with Gasteiger partial charge in [0.15, 0.2) is 11.5 Å². The first-order valence-electron chi connectivity index (χ1n) is 9.73. The lowest BCUT2D eigenvalue weighted by Crippen LogP contribution is -2.50. The highest BCUT2D eigenvalue weighted by Gasteiger charge is 2.30. The molecule has 32 heavy (non-hydrogen) atoms. The van der Waals surface area contributed by atoms with Gasteiger partial charge in [-0.2, -0.15) is 0 Å². The molecular weight excluding hydrogens is 458 g/mol. The second-order valence-electron chi connectivity index (χ2n) is 7.25. The van der Waals surface area contributed by atoms with E-state index in [0.717, 1.165) is 10.6 Å². The maximum atomic E-state index is 13.3. The fraction of sp³-hybridized carbons (Fsp3) is 0.333. The first kappa shape index (κ1) is 23.7. The van der Waals surface area contributed by atoms with E-state index in [9.17, 15) is 18.0 Å². The van der Waals surface area contributed by atoms with Gasteiger partial charge >= 0.3 is 0 Å². The van der Waals surface area contributed by atoms with Crippen LogP contribution >= 0.6 is 11.6 Å². The summed E-state index contributed by atoms with van der Waals surface area (Å²) in [6.07, 6.45) is 1.01. The summed E-state index contributed by atoms with van der Waals surface area (Å²) >= 11 is 6.06. The minimum Gasteiger partial charge on any atom is -0.454 e. The van der Waals surface area contributed by atoms with Crippen molar-refractivity contribution in [3.8, 4) is 11.5 Å². The Morgan fingerprint density at radius 2 is 1.88 bits per heavy atom. The molecule has 0 aromatic heterocycles. The highest BCUT2D eigenvalue weighted by atomic mass is 35.5. The van der Waals surface area contributed by atoms with Crippen molar-refractivity contribution in [2.24, 2.45) is 0 Å². The van der Waals surface area contributed by atoms with Crippen LogP contribution in [-0.4, -0.2) is 57.8 Å². The molecular formula is C21H24ClN3O6S. The first-order chi connectivity index (χ1) is 15.1. The number of likely N-dealkylation sites (N-methyl/N-ethyl adjacent to an activating group) is 1. The third-order valence-corrected chi connectivity index (χ3v) is 6.35. The molecule has 2 amide bonds. The second kappa shape index (κ2) is 9.66. The number of fused-ring (bicyclic) bond motifs is 1. The van der Waals surface area contributed by atoms with Crippen molar-refractivity contribution in [2.45, 2.75) is 19.5 Å². The molecule has 1 aliphatic heterocycles. The Hall–Kier alpha value is -2.98. The van der Waals surface area contributed by atoms with E-state index in [1.807, 2.05) is 0 Å². The topological polar surface area (TPSA) is 105 Å². The van der Waals surface area contributed by atoms with E-state index in [1.165, 1.54) is 24.1 Å². The lowest BCUT2D eigenvalue weighted by atomic mass is 10.1. The van der Waals surface area contributed by atoms with Crippen molar-refractivity contribution < 1.29 is 27.5 Å². The molecule has 11 heteroatoms. The van der Waals surface area contributed by atoms with Gasteiger partial charge in [0.2, 0.25) is 28.6 Å². The van der Waals surface area contributed by atoms with Crippen molar-refractivity contribution in [3.05, 3.63) is 53.1 Å². The molecule has 1 heterocycles. The number of nitrogens with one attached hydrogen (secondary N) is 1. The number of ether oxygens (including phenoxy) is 2. The second-order valence-corrected chi connectivity index (χ2v) is 9.59. The zero-order chi connectivity index (χ0) is 23.5. The van der Waals surface area contributed by atoms with Crippen LogP contribution in [0.1, 0.15) is 12.5 Å². The van der Waals surface area contributed by atoms with E-state index >= 15 is 0 Å². The minimum atomic E-state index is -3.83. The van der Waals surface area contributed by atoms with Crippen molar-refractivity contribution in [1.82, 2.24) is 10.2 Å². The Labute approximate surface area is 191 Å². The molecule has 1 aliphatic rings. The van der Waals surface area contributed by atoms with Crippen LogP contribution in [0.25, 0.3) is 0 Å². The van der Waals surface area contributed by atoms with E-state index in [0.29, 0.717) is 22.1 Å². The molecule has 9 nitrogen and oxygen atoms in total. The van der Waals surface area contributed by atoms with Crippen LogP contribution in [0.5, 0.6) is 11.5 Å². The molecule has 0 spiro atoms. The van der Waals surface area contributed by atoms with Crippen LogP contribution in [0.15, 0.2) is 42.5 Å². The van der Waals surface area contributed by atoms with Gasteiger partial charge in [-0.1, -0.05) is 23.7 Å². The van der Waals surface area contributed by atoms with Gasteiger partial charge < -0.3 is 19.7 Å². The van der Waals surface area contributed by atoms with Gasteiger partial charge in [-0.25, -0.2) is 8.42 Å². The van der Waals surface area contributed by atoms with Gasteiger partial charge in [0.25, 0.3) is 0 Å². The molecule has 3 rings (SSSR count). The van der Waals surface area contributed by atoms with Gasteiger partial charge in [-0.15, -0.1) is 0 Å². The molecule has 0 bridgehead atoms. The lowest BCUT2D eigenvalue weighted by Gasteiger charge is -2.31. The van der Waals surface area contributed by atoms with Gasteiger partial charge in [-0.05, 0) is 36.8 Å². The highest BCUT2D eigenvalue weighted by molar-refractivity contribution is 7.92. The smallest absolute Gasteiger partial charge is 0.244 e. The number of sulfonamides is 1. The van der Waals surface area contributed by atoms with E-state index in [4.69, 9.17) is 21.1 Å². The predicted octanol–water partition coefficient (Wildman–Crippen LogP) is 2.00. The Kier molecular flexibility index (Phi) is 7.15. The van der Waals surface area contributed by atoms with Gasteiger partial charge in [0.1, 0.15) is 12.6 Å². The largest absolute Gasteiger partial charge is 0.454 e. The fourth-order valence-corrected chi connectivity index (χ4v) is 4.33. The molecule has 2 aromatic rings. The predicted molar refractivity (Wildman–Crippen MR) is 120 cm³/mol. The highest BCUT2D eigenvalue weighted by Crippen LogP contribution is 2.36.